The van der Waals surface area contributed by atoms with Crippen LogP contribution in [0.3, 0.4) is 0 Å². The minimum Gasteiger partial charge on any atom is -0.444 e. The topological polar surface area (TPSA) is 78.0 Å². The summed E-state index contributed by atoms with van der Waals surface area (Å²) in [5.41, 5.74) is -0.459. The molecule has 1 unspecified atom stereocenters. The van der Waals surface area contributed by atoms with Gasteiger partial charge < -0.3 is 25.6 Å². The zero-order valence-corrected chi connectivity index (χ0v) is 17.4. The Balaban J connectivity index is 2.10. The summed E-state index contributed by atoms with van der Waals surface area (Å²) in [5, 5.41) is 9.43. The third-order valence-electron chi connectivity index (χ3n) is 4.17. The quantitative estimate of drug-likeness (QED) is 0.347. The van der Waals surface area contributed by atoms with Gasteiger partial charge in [0.25, 0.3) is 0 Å². The molecule has 1 heterocycles. The van der Waals surface area contributed by atoms with Crippen molar-refractivity contribution in [1.82, 2.24) is 20.9 Å². The van der Waals surface area contributed by atoms with Crippen LogP contribution < -0.4 is 16.0 Å². The van der Waals surface area contributed by atoms with Crippen molar-refractivity contribution in [2.75, 3.05) is 46.3 Å². The van der Waals surface area contributed by atoms with Crippen LogP contribution in [0.4, 0.5) is 4.79 Å². The van der Waals surface area contributed by atoms with Crippen LogP contribution in [0, 0.1) is 5.92 Å². The second kappa shape index (κ2) is 12.0. The molecule has 1 aliphatic rings. The molecule has 152 valence electrons. The van der Waals surface area contributed by atoms with Gasteiger partial charge >= 0.3 is 6.09 Å². The number of aliphatic imine (C=N–C) groups is 1. The van der Waals surface area contributed by atoms with Gasteiger partial charge in [-0.25, -0.2) is 4.79 Å². The van der Waals surface area contributed by atoms with Crippen molar-refractivity contribution in [2.24, 2.45) is 10.9 Å². The van der Waals surface area contributed by atoms with E-state index in [-0.39, 0.29) is 6.09 Å². The molecule has 0 spiro atoms. The van der Waals surface area contributed by atoms with Gasteiger partial charge in [-0.3, -0.25) is 4.99 Å². The molecule has 0 saturated carbocycles. The first kappa shape index (κ1) is 22.5. The van der Waals surface area contributed by atoms with E-state index in [4.69, 9.17) is 4.74 Å². The molecule has 1 aliphatic heterocycles. The third kappa shape index (κ3) is 11.2. The summed E-state index contributed by atoms with van der Waals surface area (Å²) < 4.78 is 5.20. The zero-order chi connectivity index (χ0) is 19.4. The number of likely N-dealkylation sites (tertiary alicyclic amines) is 1. The van der Waals surface area contributed by atoms with Gasteiger partial charge in [0.1, 0.15) is 5.60 Å². The Morgan fingerprint density at radius 2 is 1.77 bits per heavy atom. The van der Waals surface area contributed by atoms with Gasteiger partial charge in [0.15, 0.2) is 5.96 Å². The summed E-state index contributed by atoms with van der Waals surface area (Å²) >= 11 is 0. The second-order valence-electron chi connectivity index (χ2n) is 8.13. The Hall–Kier alpha value is -1.50. The predicted octanol–water partition coefficient (Wildman–Crippen LogP) is 2.19. The summed E-state index contributed by atoms with van der Waals surface area (Å²) in [5.74, 6) is 1.40. The van der Waals surface area contributed by atoms with Crippen molar-refractivity contribution in [3.05, 3.63) is 0 Å². The lowest BCUT2D eigenvalue weighted by Gasteiger charge is -2.29. The van der Waals surface area contributed by atoms with Crippen molar-refractivity contribution in [3.63, 3.8) is 0 Å². The predicted molar refractivity (Wildman–Crippen MR) is 108 cm³/mol. The molecule has 1 saturated heterocycles. The summed E-state index contributed by atoms with van der Waals surface area (Å²) in [7, 11) is 1.78. The number of amides is 1. The number of carbonyl (C=O) groups is 1. The van der Waals surface area contributed by atoms with Gasteiger partial charge in [-0.2, -0.15) is 0 Å². The van der Waals surface area contributed by atoms with Crippen molar-refractivity contribution in [2.45, 2.75) is 59.0 Å². The Kier molecular flexibility index (Phi) is 10.4. The smallest absolute Gasteiger partial charge is 0.407 e. The van der Waals surface area contributed by atoms with E-state index < -0.39 is 5.60 Å². The minimum atomic E-state index is -0.459. The number of hydrogen-bond donors (Lipinski definition) is 3. The van der Waals surface area contributed by atoms with Crippen LogP contribution in [0.1, 0.15) is 53.4 Å². The fourth-order valence-corrected chi connectivity index (χ4v) is 2.94. The minimum absolute atomic E-state index is 0.369. The number of ether oxygens (including phenoxy) is 1. The van der Waals surface area contributed by atoms with Gasteiger partial charge in [-0.05, 0) is 59.0 Å². The molecule has 0 aliphatic carbocycles. The molecule has 0 aromatic heterocycles. The molecule has 3 N–H and O–H groups in total. The maximum atomic E-state index is 11.6. The summed E-state index contributed by atoms with van der Waals surface area (Å²) in [4.78, 5) is 18.4. The second-order valence-corrected chi connectivity index (χ2v) is 8.13. The summed E-state index contributed by atoms with van der Waals surface area (Å²) in [6.45, 7) is 13.7. The van der Waals surface area contributed by atoms with Gasteiger partial charge in [0, 0.05) is 33.2 Å². The van der Waals surface area contributed by atoms with Crippen LogP contribution in [-0.2, 0) is 4.74 Å². The van der Waals surface area contributed by atoms with E-state index in [1.807, 2.05) is 20.8 Å². The van der Waals surface area contributed by atoms with Crippen LogP contribution in [0.15, 0.2) is 4.99 Å². The first-order valence-corrected chi connectivity index (χ1v) is 9.94. The van der Waals surface area contributed by atoms with Gasteiger partial charge in [0.2, 0.25) is 0 Å². The fraction of sp³-hybridized carbons (Fsp3) is 0.895. The SMILES string of the molecule is CN=C(NCCCNC(=O)OC(C)(C)C)NCC(C)CN1CCCCC1. The van der Waals surface area contributed by atoms with Gasteiger partial charge in [0.05, 0.1) is 0 Å². The molecule has 7 nitrogen and oxygen atoms in total. The first-order chi connectivity index (χ1) is 12.3. The Morgan fingerprint density at radius 3 is 2.38 bits per heavy atom. The highest BCUT2D eigenvalue weighted by molar-refractivity contribution is 5.79. The summed E-state index contributed by atoms with van der Waals surface area (Å²) in [6, 6.07) is 0. The normalized spacial score (nSPS) is 17.5. The highest BCUT2D eigenvalue weighted by atomic mass is 16.6. The molecular formula is C19H39N5O2. The van der Waals surface area contributed by atoms with Crippen LogP contribution in [-0.4, -0.2) is 68.9 Å². The molecule has 1 atom stereocenters. The molecule has 0 bridgehead atoms. The maximum absolute atomic E-state index is 11.6. The number of nitrogens with zero attached hydrogens (tertiary/aromatic N) is 2. The largest absolute Gasteiger partial charge is 0.444 e. The van der Waals surface area contributed by atoms with Crippen molar-refractivity contribution < 1.29 is 9.53 Å². The Labute approximate surface area is 159 Å². The van der Waals surface area contributed by atoms with Gasteiger partial charge in [-0.1, -0.05) is 13.3 Å². The van der Waals surface area contributed by atoms with E-state index >= 15 is 0 Å². The van der Waals surface area contributed by atoms with Crippen LogP contribution >= 0.6 is 0 Å². The van der Waals surface area contributed by atoms with Crippen LogP contribution in [0.25, 0.3) is 0 Å². The lowest BCUT2D eigenvalue weighted by molar-refractivity contribution is 0.0527. The lowest BCUT2D eigenvalue weighted by atomic mass is 10.1. The maximum Gasteiger partial charge on any atom is 0.407 e. The molecule has 0 aromatic carbocycles. The van der Waals surface area contributed by atoms with Crippen LogP contribution in [0.2, 0.25) is 0 Å². The van der Waals surface area contributed by atoms with Crippen LogP contribution in [0.5, 0.6) is 0 Å². The van der Waals surface area contributed by atoms with Crippen molar-refractivity contribution >= 4 is 12.1 Å². The molecular weight excluding hydrogens is 330 g/mol. The highest BCUT2D eigenvalue weighted by Crippen LogP contribution is 2.10. The Bertz CT molecular complexity index is 428. The number of carbonyl (C=O) groups excluding carboxylic acids is 1. The first-order valence-electron chi connectivity index (χ1n) is 9.94. The third-order valence-corrected chi connectivity index (χ3v) is 4.17. The molecule has 1 amide bonds. The van der Waals surface area contributed by atoms with Crippen molar-refractivity contribution in [1.29, 1.82) is 0 Å². The van der Waals surface area contributed by atoms with E-state index in [0.29, 0.717) is 12.5 Å². The average Bonchev–Trinajstić information content (AvgIpc) is 2.56. The molecule has 7 heteroatoms. The highest BCUT2D eigenvalue weighted by Gasteiger charge is 2.15. The lowest BCUT2D eigenvalue weighted by Crippen LogP contribution is -2.43. The fourth-order valence-electron chi connectivity index (χ4n) is 2.94. The molecule has 26 heavy (non-hydrogen) atoms. The molecule has 1 fully saturated rings. The molecule has 0 aromatic rings. The van der Waals surface area contributed by atoms with E-state index in [2.05, 4.69) is 32.8 Å². The number of hydrogen-bond acceptors (Lipinski definition) is 4. The molecule has 1 rings (SSSR count). The zero-order valence-electron chi connectivity index (χ0n) is 17.4. The number of rotatable bonds is 8. The number of piperidine rings is 1. The Morgan fingerprint density at radius 1 is 1.12 bits per heavy atom. The van der Waals surface area contributed by atoms with Gasteiger partial charge in [-0.15, -0.1) is 0 Å². The number of guanidine groups is 1. The van der Waals surface area contributed by atoms with E-state index in [9.17, 15) is 4.79 Å². The monoisotopic (exact) mass is 369 g/mol. The standard InChI is InChI=1S/C19H39N5O2/c1-16(15-24-12-7-6-8-13-24)14-23-17(20-5)21-10-9-11-22-18(25)26-19(2,3)4/h16H,6-15H2,1-5H3,(H,22,25)(H2,20,21,23). The van der Waals surface area contributed by atoms with E-state index in [1.54, 1.807) is 7.05 Å². The number of alkyl carbamates (subject to hydrolysis) is 1. The van der Waals surface area contributed by atoms with E-state index in [0.717, 1.165) is 32.0 Å². The average molecular weight is 370 g/mol. The van der Waals surface area contributed by atoms with E-state index in [1.165, 1.54) is 32.4 Å². The molecule has 0 radical (unpaired) electrons. The van der Waals surface area contributed by atoms with Crippen molar-refractivity contribution in [3.8, 4) is 0 Å². The number of nitrogens with one attached hydrogen (secondary N) is 3. The summed E-state index contributed by atoms with van der Waals surface area (Å²) in [6.07, 6.45) is 4.49.